The fourth-order valence-corrected chi connectivity index (χ4v) is 3.77. The predicted octanol–water partition coefficient (Wildman–Crippen LogP) is 7.03. The van der Waals surface area contributed by atoms with E-state index < -0.39 is 0 Å². The van der Waals surface area contributed by atoms with E-state index >= 15 is 0 Å². The standard InChI is InChI=1S/C26H19BrN2O/c27-21-14-10-19(11-15-21)18-30-23-16-12-20(13-17-23)26-28-24-8-4-5-9-25(24)29(26)22-6-2-1-3-7-22/h1-17H,18H2. The van der Waals surface area contributed by atoms with Gasteiger partial charge in [-0.05, 0) is 66.2 Å². The lowest BCUT2D eigenvalue weighted by molar-refractivity contribution is 0.306. The number of aromatic nitrogens is 2. The second-order valence-corrected chi connectivity index (χ2v) is 7.95. The second kappa shape index (κ2) is 8.17. The minimum absolute atomic E-state index is 0.537. The molecule has 4 heteroatoms. The molecular weight excluding hydrogens is 436 g/mol. The van der Waals surface area contributed by atoms with Gasteiger partial charge < -0.3 is 4.74 Å². The highest BCUT2D eigenvalue weighted by atomic mass is 79.9. The van der Waals surface area contributed by atoms with Crippen LogP contribution in [-0.4, -0.2) is 9.55 Å². The molecule has 0 radical (unpaired) electrons. The summed E-state index contributed by atoms with van der Waals surface area (Å²) in [6.07, 6.45) is 0. The van der Waals surface area contributed by atoms with Gasteiger partial charge in [0.15, 0.2) is 0 Å². The number of nitrogens with zero attached hydrogens (tertiary/aromatic N) is 2. The number of imidazole rings is 1. The molecule has 0 fully saturated rings. The monoisotopic (exact) mass is 454 g/mol. The van der Waals surface area contributed by atoms with Gasteiger partial charge >= 0.3 is 0 Å². The quantitative estimate of drug-likeness (QED) is 0.284. The Bertz CT molecular complexity index is 1280. The second-order valence-electron chi connectivity index (χ2n) is 7.03. The van der Waals surface area contributed by atoms with Gasteiger partial charge in [0.05, 0.1) is 11.0 Å². The lowest BCUT2D eigenvalue weighted by Crippen LogP contribution is -1.98. The molecule has 146 valence electrons. The fraction of sp³-hybridized carbons (Fsp3) is 0.0385. The van der Waals surface area contributed by atoms with E-state index in [-0.39, 0.29) is 0 Å². The Balaban J connectivity index is 1.46. The lowest BCUT2D eigenvalue weighted by Gasteiger charge is -2.11. The molecule has 0 saturated carbocycles. The molecule has 0 aliphatic rings. The van der Waals surface area contributed by atoms with Gasteiger partial charge in [-0.1, -0.05) is 58.4 Å². The smallest absolute Gasteiger partial charge is 0.145 e. The maximum Gasteiger partial charge on any atom is 0.145 e. The van der Waals surface area contributed by atoms with Crippen molar-refractivity contribution < 1.29 is 4.74 Å². The summed E-state index contributed by atoms with van der Waals surface area (Å²) in [5.74, 6) is 1.76. The maximum atomic E-state index is 5.95. The van der Waals surface area contributed by atoms with Crippen LogP contribution in [0.3, 0.4) is 0 Å². The zero-order chi connectivity index (χ0) is 20.3. The first-order valence-corrected chi connectivity index (χ1v) is 10.6. The van der Waals surface area contributed by atoms with Crippen molar-refractivity contribution in [3.63, 3.8) is 0 Å². The summed E-state index contributed by atoms with van der Waals surface area (Å²) in [6.45, 7) is 0.537. The van der Waals surface area contributed by atoms with Gasteiger partial charge in [0, 0.05) is 15.7 Å². The van der Waals surface area contributed by atoms with E-state index in [1.165, 1.54) is 0 Å². The molecule has 30 heavy (non-hydrogen) atoms. The first-order valence-electron chi connectivity index (χ1n) is 9.78. The van der Waals surface area contributed by atoms with Crippen LogP contribution in [0.1, 0.15) is 5.56 Å². The molecule has 5 aromatic rings. The third-order valence-electron chi connectivity index (χ3n) is 5.01. The molecular formula is C26H19BrN2O. The molecule has 4 aromatic carbocycles. The number of hydrogen-bond donors (Lipinski definition) is 0. The van der Waals surface area contributed by atoms with Crippen molar-refractivity contribution in [2.45, 2.75) is 6.61 Å². The normalized spacial score (nSPS) is 11.0. The van der Waals surface area contributed by atoms with E-state index in [9.17, 15) is 0 Å². The van der Waals surface area contributed by atoms with Crippen LogP contribution in [0.5, 0.6) is 5.75 Å². The molecule has 0 unspecified atom stereocenters. The van der Waals surface area contributed by atoms with Crippen molar-refractivity contribution in [1.29, 1.82) is 0 Å². The van der Waals surface area contributed by atoms with Crippen molar-refractivity contribution in [1.82, 2.24) is 9.55 Å². The van der Waals surface area contributed by atoms with Crippen molar-refractivity contribution in [2.75, 3.05) is 0 Å². The van der Waals surface area contributed by atoms with Gasteiger partial charge in [-0.3, -0.25) is 4.57 Å². The molecule has 0 amide bonds. The summed E-state index contributed by atoms with van der Waals surface area (Å²) in [4.78, 5) is 4.91. The van der Waals surface area contributed by atoms with Gasteiger partial charge in [0.1, 0.15) is 18.2 Å². The van der Waals surface area contributed by atoms with E-state index in [2.05, 4.69) is 63.0 Å². The summed E-state index contributed by atoms with van der Waals surface area (Å²) in [7, 11) is 0. The van der Waals surface area contributed by atoms with E-state index in [0.717, 1.165) is 43.9 Å². The average molecular weight is 455 g/mol. The molecule has 1 heterocycles. The summed E-state index contributed by atoms with van der Waals surface area (Å²) < 4.78 is 9.22. The Labute approximate surface area is 183 Å². The highest BCUT2D eigenvalue weighted by Crippen LogP contribution is 2.29. The zero-order valence-electron chi connectivity index (χ0n) is 16.2. The summed E-state index contributed by atoms with van der Waals surface area (Å²) in [5.41, 5.74) is 5.34. The van der Waals surface area contributed by atoms with Gasteiger partial charge in [-0.25, -0.2) is 4.98 Å². The van der Waals surface area contributed by atoms with Crippen molar-refractivity contribution in [2.24, 2.45) is 0 Å². The molecule has 3 nitrogen and oxygen atoms in total. The van der Waals surface area contributed by atoms with E-state index in [4.69, 9.17) is 9.72 Å². The lowest BCUT2D eigenvalue weighted by atomic mass is 10.2. The third kappa shape index (κ3) is 3.74. The van der Waals surface area contributed by atoms with E-state index in [1.54, 1.807) is 0 Å². The van der Waals surface area contributed by atoms with Gasteiger partial charge in [0.25, 0.3) is 0 Å². The maximum absolute atomic E-state index is 5.95. The van der Waals surface area contributed by atoms with Gasteiger partial charge in [0.2, 0.25) is 0 Å². The minimum atomic E-state index is 0.537. The molecule has 0 N–H and O–H groups in total. The van der Waals surface area contributed by atoms with Crippen LogP contribution in [0.2, 0.25) is 0 Å². The molecule has 0 aliphatic carbocycles. The first kappa shape index (κ1) is 18.6. The number of benzene rings is 4. The molecule has 1 aromatic heterocycles. The number of para-hydroxylation sites is 3. The van der Waals surface area contributed by atoms with Crippen LogP contribution >= 0.6 is 15.9 Å². The van der Waals surface area contributed by atoms with Crippen LogP contribution < -0.4 is 4.74 Å². The minimum Gasteiger partial charge on any atom is -0.489 e. The largest absolute Gasteiger partial charge is 0.489 e. The average Bonchev–Trinajstić information content (AvgIpc) is 3.19. The highest BCUT2D eigenvalue weighted by Gasteiger charge is 2.14. The van der Waals surface area contributed by atoms with Crippen LogP contribution in [0.25, 0.3) is 28.1 Å². The van der Waals surface area contributed by atoms with Crippen LogP contribution in [-0.2, 0) is 6.61 Å². The number of hydrogen-bond acceptors (Lipinski definition) is 2. The Hall–Kier alpha value is -3.37. The molecule has 0 saturated heterocycles. The molecule has 0 bridgehead atoms. The SMILES string of the molecule is Brc1ccc(COc2ccc(-c3nc4ccccc4n3-c3ccccc3)cc2)cc1. The van der Waals surface area contributed by atoms with Crippen LogP contribution in [0.15, 0.2) is 108 Å². The van der Waals surface area contributed by atoms with Gasteiger partial charge in [-0.2, -0.15) is 0 Å². The number of halogens is 1. The highest BCUT2D eigenvalue weighted by molar-refractivity contribution is 9.10. The summed E-state index contributed by atoms with van der Waals surface area (Å²) in [6, 6.07) is 34.9. The molecule has 5 rings (SSSR count). The molecule has 0 spiro atoms. The fourth-order valence-electron chi connectivity index (χ4n) is 3.51. The van der Waals surface area contributed by atoms with Crippen LogP contribution in [0, 0.1) is 0 Å². The third-order valence-corrected chi connectivity index (χ3v) is 5.54. The van der Waals surface area contributed by atoms with Gasteiger partial charge in [-0.15, -0.1) is 0 Å². The Kier molecular flexibility index (Phi) is 5.08. The zero-order valence-corrected chi connectivity index (χ0v) is 17.8. The number of rotatable bonds is 5. The Morgan fingerprint density at radius 3 is 2.20 bits per heavy atom. The Morgan fingerprint density at radius 2 is 1.43 bits per heavy atom. The summed E-state index contributed by atoms with van der Waals surface area (Å²) in [5, 5.41) is 0. The Morgan fingerprint density at radius 1 is 0.733 bits per heavy atom. The number of fused-ring (bicyclic) bond motifs is 1. The topological polar surface area (TPSA) is 27.1 Å². The molecule has 0 aliphatic heterocycles. The number of ether oxygens (including phenoxy) is 1. The van der Waals surface area contributed by atoms with Crippen molar-refractivity contribution in [3.05, 3.63) is 113 Å². The van der Waals surface area contributed by atoms with E-state index in [1.807, 2.05) is 60.7 Å². The summed E-state index contributed by atoms with van der Waals surface area (Å²) >= 11 is 3.46. The van der Waals surface area contributed by atoms with E-state index in [0.29, 0.717) is 6.61 Å². The molecule has 0 atom stereocenters. The van der Waals surface area contributed by atoms with Crippen molar-refractivity contribution >= 4 is 27.0 Å². The van der Waals surface area contributed by atoms with Crippen molar-refractivity contribution in [3.8, 4) is 22.8 Å². The first-order chi connectivity index (χ1) is 14.8. The van der Waals surface area contributed by atoms with Crippen LogP contribution in [0.4, 0.5) is 0 Å². The predicted molar refractivity (Wildman–Crippen MR) is 125 cm³/mol.